The second-order valence-electron chi connectivity index (χ2n) is 16.9. The second kappa shape index (κ2) is 47.1. The third kappa shape index (κ3) is 36.3. The molecule has 416 valence electrons. The highest BCUT2D eigenvalue weighted by Crippen LogP contribution is 2.13. The van der Waals surface area contributed by atoms with E-state index in [1.807, 2.05) is 26.8 Å². The Balaban J connectivity index is 0.00000470. The quantitative estimate of drug-likeness (QED) is 0.0498. The zero-order valence-electron chi connectivity index (χ0n) is 43.7. The minimum absolute atomic E-state index is 0.000468. The lowest BCUT2D eigenvalue weighted by Crippen LogP contribution is -2.41. The lowest BCUT2D eigenvalue weighted by Gasteiger charge is -2.29. The molecule has 1 rings (SSSR count). The number of hydrogen-bond acceptors (Lipinski definition) is 21. The molecule has 0 heterocycles. The van der Waals surface area contributed by atoms with Crippen LogP contribution in [-0.2, 0) is 71.1 Å². The minimum Gasteiger partial charge on any atom is -0.394 e. The summed E-state index contributed by atoms with van der Waals surface area (Å²) in [7, 11) is 5.92. The van der Waals surface area contributed by atoms with Gasteiger partial charge in [0.25, 0.3) is 0 Å². The van der Waals surface area contributed by atoms with Crippen LogP contribution in [0.15, 0.2) is 30.3 Å². The summed E-state index contributed by atoms with van der Waals surface area (Å²) >= 11 is 0. The van der Waals surface area contributed by atoms with Crippen molar-refractivity contribution in [2.45, 2.75) is 114 Å². The third-order valence-electron chi connectivity index (χ3n) is 9.95. The maximum Gasteiger partial charge on any atom is 0.105 e. The Morgan fingerprint density at radius 3 is 1.03 bits per heavy atom. The number of rotatable bonds is 48. The van der Waals surface area contributed by atoms with Crippen molar-refractivity contribution in [2.75, 3.05) is 167 Å². The summed E-state index contributed by atoms with van der Waals surface area (Å²) in [6, 6.07) is 10.5. The van der Waals surface area contributed by atoms with Crippen LogP contribution in [0, 0.1) is 0 Å². The fourth-order valence-corrected chi connectivity index (χ4v) is 5.97. The molecule has 1 aromatic carbocycles. The summed E-state index contributed by atoms with van der Waals surface area (Å²) in [6.45, 7) is 9.53. The van der Waals surface area contributed by atoms with Gasteiger partial charge in [-0.1, -0.05) is 51.1 Å². The van der Waals surface area contributed by atoms with Gasteiger partial charge in [-0.25, -0.2) is 0 Å². The Bertz CT molecular complexity index is 1220. The Morgan fingerprint density at radius 2 is 0.700 bits per heavy atom. The Hall–Kier alpha value is -1.62. The summed E-state index contributed by atoms with van der Waals surface area (Å²) in [5, 5.41) is 58.6. The van der Waals surface area contributed by atoms with E-state index < -0.39 is 61.0 Å². The summed E-state index contributed by atoms with van der Waals surface area (Å²) < 4.78 is 86.5. The molecular weight excluding hydrogens is 925 g/mol. The molecule has 70 heavy (non-hydrogen) atoms. The normalized spacial score (nSPS) is 16.3. The van der Waals surface area contributed by atoms with E-state index in [1.165, 1.54) is 34.0 Å². The fraction of sp³-hybridized carbons (Fsp3) is 0.878. The van der Waals surface area contributed by atoms with Crippen LogP contribution in [0.25, 0.3) is 0 Å². The second-order valence-corrected chi connectivity index (χ2v) is 16.9. The number of ether oxygens (including phenoxy) is 15. The standard InChI is InChI=1S/C40H82O21.C9H12/c1-8-9-51-20-35(14-45)59-36(15-46)21-54-24-37(22-52-18-31(10-41)49-6)60-38(23-53-19-32(11-42)50-7)25-55-26-39(28-57-33(12-43)16-47-4)61-40(27-56-30(2)3)29-58-34(13-44)17-48-5;1-8(2)9-6-4-3-5-7-9/h30-46H,8-29H2,1-7H3;3-8H,1-2H3. The highest BCUT2D eigenvalue weighted by molar-refractivity contribution is 5.17. The molecule has 0 aliphatic carbocycles. The average molecular weight is 1020 g/mol. The predicted molar refractivity (Wildman–Crippen MR) is 259 cm³/mol. The maximum atomic E-state index is 9.99. The van der Waals surface area contributed by atoms with Gasteiger partial charge in [-0.3, -0.25) is 0 Å². The van der Waals surface area contributed by atoms with E-state index in [1.54, 1.807) is 0 Å². The van der Waals surface area contributed by atoms with Crippen molar-refractivity contribution < 1.29 is 102 Å². The van der Waals surface area contributed by atoms with Crippen molar-refractivity contribution in [2.24, 2.45) is 0 Å². The molecule has 21 heteroatoms. The molecule has 0 spiro atoms. The minimum atomic E-state index is -0.772. The number of aliphatic hydroxyl groups is 6. The first-order valence-electron chi connectivity index (χ1n) is 24.3. The molecule has 0 saturated carbocycles. The number of methoxy groups -OCH3 is 4. The van der Waals surface area contributed by atoms with Crippen molar-refractivity contribution in [3.05, 3.63) is 35.9 Å². The van der Waals surface area contributed by atoms with Gasteiger partial charge in [0.05, 0.1) is 138 Å². The van der Waals surface area contributed by atoms with E-state index >= 15 is 0 Å². The van der Waals surface area contributed by atoms with Crippen LogP contribution in [0.4, 0.5) is 0 Å². The fourth-order valence-electron chi connectivity index (χ4n) is 5.97. The molecule has 0 fully saturated rings. The van der Waals surface area contributed by atoms with Crippen molar-refractivity contribution in [3.8, 4) is 0 Å². The first kappa shape index (κ1) is 68.4. The van der Waals surface area contributed by atoms with Gasteiger partial charge in [-0.2, -0.15) is 0 Å². The van der Waals surface area contributed by atoms with Gasteiger partial charge in [-0.05, 0) is 31.7 Å². The van der Waals surface area contributed by atoms with Gasteiger partial charge in [0.2, 0.25) is 0 Å². The molecule has 0 amide bonds. The molecule has 10 atom stereocenters. The molecule has 0 aliphatic heterocycles. The summed E-state index contributed by atoms with van der Waals surface area (Å²) in [5.74, 6) is 0.659. The molecule has 10 unspecified atom stereocenters. The van der Waals surface area contributed by atoms with E-state index in [0.717, 1.165) is 6.42 Å². The molecular formula is C49H94O21. The monoisotopic (exact) mass is 1020 g/mol. The lowest BCUT2D eigenvalue weighted by molar-refractivity contribution is -0.172. The van der Waals surface area contributed by atoms with Crippen LogP contribution in [-0.4, -0.2) is 265 Å². The van der Waals surface area contributed by atoms with Gasteiger partial charge in [0.1, 0.15) is 61.0 Å². The largest absolute Gasteiger partial charge is 0.394 e. The highest BCUT2D eigenvalue weighted by Gasteiger charge is 2.26. The molecule has 0 bridgehead atoms. The van der Waals surface area contributed by atoms with Gasteiger partial charge >= 0.3 is 0 Å². The third-order valence-corrected chi connectivity index (χ3v) is 9.95. The first-order valence-corrected chi connectivity index (χ1v) is 24.3. The zero-order valence-corrected chi connectivity index (χ0v) is 43.7. The van der Waals surface area contributed by atoms with E-state index in [2.05, 4.69) is 38.1 Å². The van der Waals surface area contributed by atoms with Gasteiger partial charge in [0.15, 0.2) is 0 Å². The molecule has 21 nitrogen and oxygen atoms in total. The van der Waals surface area contributed by atoms with Crippen molar-refractivity contribution in [3.63, 3.8) is 0 Å². The molecule has 0 radical (unpaired) electrons. The number of aliphatic hydroxyl groups excluding tert-OH is 6. The van der Waals surface area contributed by atoms with Gasteiger partial charge in [0, 0.05) is 35.0 Å². The van der Waals surface area contributed by atoms with Gasteiger partial charge < -0.3 is 102 Å². The summed E-state index contributed by atoms with van der Waals surface area (Å²) in [6.07, 6.45) is -5.92. The van der Waals surface area contributed by atoms with E-state index in [4.69, 9.17) is 71.1 Å². The van der Waals surface area contributed by atoms with Crippen molar-refractivity contribution >= 4 is 0 Å². The smallest absolute Gasteiger partial charge is 0.105 e. The molecule has 0 aromatic heterocycles. The van der Waals surface area contributed by atoms with Gasteiger partial charge in [-0.15, -0.1) is 0 Å². The predicted octanol–water partition coefficient (Wildman–Crippen LogP) is 1.02. The van der Waals surface area contributed by atoms with Crippen LogP contribution in [0.1, 0.15) is 52.5 Å². The van der Waals surface area contributed by atoms with Crippen molar-refractivity contribution in [1.82, 2.24) is 0 Å². The molecule has 0 aliphatic rings. The Kier molecular flexibility index (Phi) is 46.0. The van der Waals surface area contributed by atoms with E-state index in [9.17, 15) is 30.6 Å². The summed E-state index contributed by atoms with van der Waals surface area (Å²) in [4.78, 5) is 0. The zero-order chi connectivity index (χ0) is 52.2. The highest BCUT2D eigenvalue weighted by atomic mass is 16.6. The summed E-state index contributed by atoms with van der Waals surface area (Å²) in [5.41, 5.74) is 1.41. The van der Waals surface area contributed by atoms with Crippen LogP contribution < -0.4 is 0 Å². The Morgan fingerprint density at radius 1 is 0.371 bits per heavy atom. The SMILES string of the molecule is CC(C)c1ccccc1.CCCOCC(CO)OC(CO)COCC(COCC(CO)OC)OC(COCC(CO)OC)COCC(COC(CO)COC)OC(COC(C)C)COC(CO)COC. The van der Waals surface area contributed by atoms with E-state index in [0.29, 0.717) is 12.5 Å². The number of hydrogen-bond donors (Lipinski definition) is 6. The van der Waals surface area contributed by atoms with Crippen LogP contribution in [0.2, 0.25) is 0 Å². The first-order chi connectivity index (χ1) is 33.9. The van der Waals surface area contributed by atoms with Crippen LogP contribution >= 0.6 is 0 Å². The van der Waals surface area contributed by atoms with Crippen molar-refractivity contribution in [1.29, 1.82) is 0 Å². The molecule has 0 saturated heterocycles. The topological polar surface area (TPSA) is 260 Å². The molecule has 6 N–H and O–H groups in total. The molecule has 1 aromatic rings. The van der Waals surface area contributed by atoms with Crippen LogP contribution in [0.5, 0.6) is 0 Å². The lowest BCUT2D eigenvalue weighted by atomic mass is 10.0. The average Bonchev–Trinajstić information content (AvgIpc) is 3.37. The number of benzene rings is 1. The van der Waals surface area contributed by atoms with Crippen LogP contribution in [0.3, 0.4) is 0 Å². The maximum absolute atomic E-state index is 9.99. The van der Waals surface area contributed by atoms with E-state index in [-0.39, 0.29) is 138 Å². The Labute approximate surface area is 418 Å².